The van der Waals surface area contributed by atoms with Crippen LogP contribution in [0, 0.1) is 5.92 Å². The van der Waals surface area contributed by atoms with Crippen molar-refractivity contribution in [1.82, 2.24) is 4.98 Å². The molecule has 0 aliphatic rings. The van der Waals surface area contributed by atoms with Crippen LogP contribution in [0.2, 0.25) is 0 Å². The molecule has 0 saturated carbocycles. The molecule has 0 bridgehead atoms. The molecule has 1 unspecified atom stereocenters. The van der Waals surface area contributed by atoms with Crippen LogP contribution in [-0.4, -0.2) is 21.8 Å². The lowest BCUT2D eigenvalue weighted by Crippen LogP contribution is -2.03. The first-order valence-corrected chi connectivity index (χ1v) is 7.36. The average Bonchev–Trinajstić information content (AvgIpc) is 2.43. The van der Waals surface area contributed by atoms with Crippen LogP contribution in [0.1, 0.15) is 30.6 Å². The fourth-order valence-corrected chi connectivity index (χ4v) is 2.84. The molecule has 0 aliphatic carbocycles. The SMILES string of the molecule is CCC(C)CSc1nc2ccccc2cc1C(=O)O. The van der Waals surface area contributed by atoms with Crippen LogP contribution in [0.4, 0.5) is 0 Å². The van der Waals surface area contributed by atoms with Crippen molar-refractivity contribution in [1.29, 1.82) is 0 Å². The van der Waals surface area contributed by atoms with Crippen molar-refractivity contribution < 1.29 is 9.90 Å². The van der Waals surface area contributed by atoms with Crippen molar-refractivity contribution in [3.8, 4) is 0 Å². The lowest BCUT2D eigenvalue weighted by molar-refractivity contribution is 0.0692. The molecule has 1 aromatic heterocycles. The first-order valence-electron chi connectivity index (χ1n) is 6.37. The molecule has 100 valence electrons. The van der Waals surface area contributed by atoms with Gasteiger partial charge in [-0.25, -0.2) is 9.78 Å². The van der Waals surface area contributed by atoms with E-state index in [1.807, 2.05) is 24.3 Å². The zero-order valence-electron chi connectivity index (χ0n) is 11.1. The van der Waals surface area contributed by atoms with E-state index in [1.165, 1.54) is 11.8 Å². The Balaban J connectivity index is 2.39. The normalized spacial score (nSPS) is 12.5. The highest BCUT2D eigenvalue weighted by Gasteiger charge is 2.14. The highest BCUT2D eigenvalue weighted by molar-refractivity contribution is 7.99. The molecule has 2 rings (SSSR count). The van der Waals surface area contributed by atoms with Crippen molar-refractivity contribution in [2.24, 2.45) is 5.92 Å². The van der Waals surface area contributed by atoms with Crippen molar-refractivity contribution in [3.63, 3.8) is 0 Å². The number of hydrogen-bond donors (Lipinski definition) is 1. The van der Waals surface area contributed by atoms with Crippen molar-refractivity contribution >= 4 is 28.6 Å². The van der Waals surface area contributed by atoms with Gasteiger partial charge in [0.25, 0.3) is 0 Å². The number of carboxylic acids is 1. The van der Waals surface area contributed by atoms with E-state index in [1.54, 1.807) is 6.07 Å². The Hall–Kier alpha value is -1.55. The second kappa shape index (κ2) is 6.06. The van der Waals surface area contributed by atoms with Crippen LogP contribution in [0.5, 0.6) is 0 Å². The smallest absolute Gasteiger partial charge is 0.338 e. The predicted molar refractivity (Wildman–Crippen MR) is 78.9 cm³/mol. The summed E-state index contributed by atoms with van der Waals surface area (Å²) in [4.78, 5) is 15.8. The number of benzene rings is 1. The number of aromatic carboxylic acids is 1. The van der Waals surface area contributed by atoms with Crippen LogP contribution in [0.15, 0.2) is 35.4 Å². The standard InChI is InChI=1S/C15H17NO2S/c1-3-10(2)9-19-14-12(15(17)18)8-11-6-4-5-7-13(11)16-14/h4-8,10H,3,9H2,1-2H3,(H,17,18). The van der Waals surface area contributed by atoms with Crippen molar-refractivity contribution in [2.75, 3.05) is 5.75 Å². The summed E-state index contributed by atoms with van der Waals surface area (Å²) in [7, 11) is 0. The zero-order chi connectivity index (χ0) is 13.8. The van der Waals surface area contributed by atoms with Gasteiger partial charge in [0.15, 0.2) is 0 Å². The topological polar surface area (TPSA) is 50.2 Å². The first-order chi connectivity index (χ1) is 9.11. The van der Waals surface area contributed by atoms with Crippen molar-refractivity contribution in [3.05, 3.63) is 35.9 Å². The largest absolute Gasteiger partial charge is 0.478 e. The highest BCUT2D eigenvalue weighted by Crippen LogP contribution is 2.27. The van der Waals surface area contributed by atoms with Gasteiger partial charge in [-0.3, -0.25) is 0 Å². The van der Waals surface area contributed by atoms with E-state index in [-0.39, 0.29) is 0 Å². The Labute approximate surface area is 117 Å². The molecular weight excluding hydrogens is 258 g/mol. The molecule has 0 saturated heterocycles. The maximum absolute atomic E-state index is 11.3. The molecular formula is C15H17NO2S. The zero-order valence-corrected chi connectivity index (χ0v) is 11.9. The monoisotopic (exact) mass is 275 g/mol. The molecule has 4 heteroatoms. The van der Waals surface area contributed by atoms with Gasteiger partial charge in [0.2, 0.25) is 0 Å². The van der Waals surface area contributed by atoms with Gasteiger partial charge in [-0.15, -0.1) is 11.8 Å². The molecule has 2 aromatic rings. The Morgan fingerprint density at radius 3 is 2.84 bits per heavy atom. The number of fused-ring (bicyclic) bond motifs is 1. The second-order valence-corrected chi connectivity index (χ2v) is 5.67. The summed E-state index contributed by atoms with van der Waals surface area (Å²) in [5, 5.41) is 10.8. The van der Waals surface area contributed by atoms with Gasteiger partial charge in [0, 0.05) is 11.1 Å². The number of pyridine rings is 1. The quantitative estimate of drug-likeness (QED) is 0.836. The second-order valence-electron chi connectivity index (χ2n) is 4.66. The van der Waals surface area contributed by atoms with Crippen LogP contribution in [0.25, 0.3) is 10.9 Å². The number of rotatable bonds is 5. The van der Waals surface area contributed by atoms with Gasteiger partial charge in [0.1, 0.15) is 5.03 Å². The number of aromatic nitrogens is 1. The summed E-state index contributed by atoms with van der Waals surface area (Å²) in [5.74, 6) is 0.534. The summed E-state index contributed by atoms with van der Waals surface area (Å²) >= 11 is 1.53. The third-order valence-corrected chi connectivity index (χ3v) is 4.44. The lowest BCUT2D eigenvalue weighted by atomic mass is 10.1. The molecule has 0 spiro atoms. The van der Waals surface area contributed by atoms with E-state index < -0.39 is 5.97 Å². The Morgan fingerprint density at radius 1 is 1.42 bits per heavy atom. The molecule has 19 heavy (non-hydrogen) atoms. The van der Waals surface area contributed by atoms with Crippen LogP contribution in [0.3, 0.4) is 0 Å². The Bertz CT molecular complexity index is 598. The van der Waals surface area contributed by atoms with E-state index in [0.29, 0.717) is 16.5 Å². The van der Waals surface area contributed by atoms with Gasteiger partial charge in [0.05, 0.1) is 11.1 Å². The van der Waals surface area contributed by atoms with Crippen LogP contribution < -0.4 is 0 Å². The molecule has 1 aromatic carbocycles. The van der Waals surface area contributed by atoms with Crippen LogP contribution in [-0.2, 0) is 0 Å². The van der Waals surface area contributed by atoms with E-state index in [4.69, 9.17) is 0 Å². The summed E-state index contributed by atoms with van der Waals surface area (Å²) < 4.78 is 0. The highest BCUT2D eigenvalue weighted by atomic mass is 32.2. The molecule has 1 heterocycles. The number of nitrogens with zero attached hydrogens (tertiary/aromatic N) is 1. The van der Waals surface area contributed by atoms with Gasteiger partial charge in [-0.05, 0) is 18.1 Å². The fraction of sp³-hybridized carbons (Fsp3) is 0.333. The maximum atomic E-state index is 11.3. The van der Waals surface area contributed by atoms with E-state index in [0.717, 1.165) is 23.1 Å². The predicted octanol–water partition coefficient (Wildman–Crippen LogP) is 4.07. The number of carboxylic acid groups (broad SMARTS) is 1. The number of carbonyl (C=O) groups is 1. The van der Waals surface area contributed by atoms with E-state index >= 15 is 0 Å². The molecule has 1 atom stereocenters. The maximum Gasteiger partial charge on any atom is 0.338 e. The summed E-state index contributed by atoms with van der Waals surface area (Å²) in [6.07, 6.45) is 1.09. The minimum absolute atomic E-state index is 0.298. The number of hydrogen-bond acceptors (Lipinski definition) is 3. The summed E-state index contributed by atoms with van der Waals surface area (Å²) in [5.41, 5.74) is 1.14. The first kappa shape index (κ1) is 13.9. The van der Waals surface area contributed by atoms with Gasteiger partial charge >= 0.3 is 5.97 Å². The summed E-state index contributed by atoms with van der Waals surface area (Å²) in [6.45, 7) is 4.30. The molecule has 3 nitrogen and oxygen atoms in total. The van der Waals surface area contributed by atoms with Gasteiger partial charge < -0.3 is 5.11 Å². The molecule has 0 aliphatic heterocycles. The molecule has 0 amide bonds. The van der Waals surface area contributed by atoms with Gasteiger partial charge in [-0.2, -0.15) is 0 Å². The van der Waals surface area contributed by atoms with E-state index in [2.05, 4.69) is 18.8 Å². The van der Waals surface area contributed by atoms with Crippen LogP contribution >= 0.6 is 11.8 Å². The minimum atomic E-state index is -0.912. The number of para-hydroxylation sites is 1. The number of thioether (sulfide) groups is 1. The van der Waals surface area contributed by atoms with E-state index in [9.17, 15) is 9.90 Å². The molecule has 0 fully saturated rings. The van der Waals surface area contributed by atoms with Crippen molar-refractivity contribution in [2.45, 2.75) is 25.3 Å². The summed E-state index contributed by atoms with van der Waals surface area (Å²) in [6, 6.07) is 9.32. The average molecular weight is 275 g/mol. The lowest BCUT2D eigenvalue weighted by Gasteiger charge is -2.10. The Morgan fingerprint density at radius 2 is 2.16 bits per heavy atom. The molecule has 0 radical (unpaired) electrons. The third-order valence-electron chi connectivity index (χ3n) is 3.12. The molecule has 1 N–H and O–H groups in total. The fourth-order valence-electron chi connectivity index (χ4n) is 1.70. The van der Waals surface area contributed by atoms with Gasteiger partial charge in [-0.1, -0.05) is 38.5 Å². The third kappa shape index (κ3) is 3.26. The Kier molecular flexibility index (Phi) is 4.43. The minimum Gasteiger partial charge on any atom is -0.478 e.